The first-order valence-electron chi connectivity index (χ1n) is 7.09. The molecule has 0 saturated carbocycles. The summed E-state index contributed by atoms with van der Waals surface area (Å²) in [5.41, 5.74) is 1.17. The van der Waals surface area contributed by atoms with Gasteiger partial charge in [-0.2, -0.15) is 0 Å². The molecular weight excluding hydrogens is 256 g/mol. The maximum absolute atomic E-state index is 4.78. The number of nitrogens with zero attached hydrogens (tertiary/aromatic N) is 3. The van der Waals surface area contributed by atoms with Crippen LogP contribution in [0.1, 0.15) is 36.4 Å². The average molecular weight is 282 g/mol. The quantitative estimate of drug-likeness (QED) is 0.918. The number of piperidine rings is 1. The van der Waals surface area contributed by atoms with E-state index in [9.17, 15) is 0 Å². The van der Waals surface area contributed by atoms with E-state index in [-0.39, 0.29) is 0 Å². The van der Waals surface area contributed by atoms with Crippen LogP contribution in [0, 0.1) is 6.92 Å². The molecule has 0 bridgehead atoms. The lowest BCUT2D eigenvalue weighted by Gasteiger charge is -2.35. The van der Waals surface area contributed by atoms with E-state index in [2.05, 4.69) is 43.1 Å². The highest BCUT2D eigenvalue weighted by Crippen LogP contribution is 2.32. The van der Waals surface area contributed by atoms with Crippen molar-refractivity contribution in [1.82, 2.24) is 15.2 Å². The molecule has 2 rings (SSSR count). The molecule has 2 heterocycles. The fourth-order valence-electron chi connectivity index (χ4n) is 2.61. The van der Waals surface area contributed by atoms with E-state index in [0.717, 1.165) is 13.1 Å². The Morgan fingerprint density at radius 2 is 2.21 bits per heavy atom. The van der Waals surface area contributed by atoms with Crippen molar-refractivity contribution < 1.29 is 0 Å². The highest BCUT2D eigenvalue weighted by molar-refractivity contribution is 7.15. The van der Waals surface area contributed by atoms with Crippen molar-refractivity contribution in [2.45, 2.75) is 38.8 Å². The van der Waals surface area contributed by atoms with Crippen LogP contribution in [0.25, 0.3) is 0 Å². The molecule has 1 aromatic rings. The first kappa shape index (κ1) is 14.8. The summed E-state index contributed by atoms with van der Waals surface area (Å²) in [6.07, 6.45) is 2.56. The monoisotopic (exact) mass is 282 g/mol. The molecule has 19 heavy (non-hydrogen) atoms. The fraction of sp³-hybridized carbons (Fsp3) is 0.786. The average Bonchev–Trinajstić information content (AvgIpc) is 2.80. The summed E-state index contributed by atoms with van der Waals surface area (Å²) in [5, 5.41) is 4.50. The molecule has 2 atom stereocenters. The third-order valence-electron chi connectivity index (χ3n) is 4.04. The van der Waals surface area contributed by atoms with Crippen molar-refractivity contribution in [2.24, 2.45) is 0 Å². The molecule has 1 aromatic heterocycles. The van der Waals surface area contributed by atoms with Crippen molar-refractivity contribution in [2.75, 3.05) is 39.1 Å². The Bertz CT molecular complexity index is 416. The van der Waals surface area contributed by atoms with E-state index in [1.165, 1.54) is 28.5 Å². The largest absolute Gasteiger partial charge is 0.347 e. The molecular formula is C14H26N4S. The highest BCUT2D eigenvalue weighted by atomic mass is 32.1. The van der Waals surface area contributed by atoms with Crippen molar-refractivity contribution in [3.8, 4) is 0 Å². The van der Waals surface area contributed by atoms with Gasteiger partial charge in [-0.25, -0.2) is 4.98 Å². The predicted octanol–water partition coefficient (Wildman–Crippen LogP) is 2.26. The highest BCUT2D eigenvalue weighted by Gasteiger charge is 2.24. The minimum absolute atomic E-state index is 0.390. The van der Waals surface area contributed by atoms with Crippen LogP contribution in [-0.2, 0) is 0 Å². The second-order valence-electron chi connectivity index (χ2n) is 5.66. The van der Waals surface area contributed by atoms with E-state index < -0.39 is 0 Å². The lowest BCUT2D eigenvalue weighted by molar-refractivity contribution is 0.258. The van der Waals surface area contributed by atoms with Gasteiger partial charge in [-0.05, 0) is 47.8 Å². The van der Waals surface area contributed by atoms with E-state index >= 15 is 0 Å². The van der Waals surface area contributed by atoms with Gasteiger partial charge in [0.1, 0.15) is 0 Å². The van der Waals surface area contributed by atoms with Gasteiger partial charge in [0.15, 0.2) is 5.13 Å². The zero-order valence-electron chi connectivity index (χ0n) is 12.7. The zero-order chi connectivity index (χ0) is 14.0. The number of thiazole rings is 1. The van der Waals surface area contributed by atoms with Crippen molar-refractivity contribution in [1.29, 1.82) is 0 Å². The molecule has 1 N–H and O–H groups in total. The van der Waals surface area contributed by atoms with E-state index in [1.54, 1.807) is 0 Å². The van der Waals surface area contributed by atoms with E-state index in [4.69, 9.17) is 4.98 Å². The number of likely N-dealkylation sites (N-methyl/N-ethyl adjacent to an activating group) is 1. The maximum Gasteiger partial charge on any atom is 0.185 e. The number of hydrogen-bond acceptors (Lipinski definition) is 5. The zero-order valence-corrected chi connectivity index (χ0v) is 13.5. The van der Waals surface area contributed by atoms with Crippen molar-refractivity contribution in [3.05, 3.63) is 10.6 Å². The summed E-state index contributed by atoms with van der Waals surface area (Å²) in [4.78, 5) is 10.9. The van der Waals surface area contributed by atoms with Gasteiger partial charge in [-0.3, -0.25) is 0 Å². The Morgan fingerprint density at radius 1 is 1.47 bits per heavy atom. The van der Waals surface area contributed by atoms with Crippen LogP contribution in [0.15, 0.2) is 0 Å². The van der Waals surface area contributed by atoms with Gasteiger partial charge in [0.25, 0.3) is 0 Å². The molecule has 1 fully saturated rings. The molecule has 1 aliphatic heterocycles. The molecule has 4 nitrogen and oxygen atoms in total. The van der Waals surface area contributed by atoms with Crippen LogP contribution >= 0.6 is 11.3 Å². The third kappa shape index (κ3) is 3.27. The normalized spacial score (nSPS) is 22.0. The van der Waals surface area contributed by atoms with E-state index in [1.807, 2.05) is 18.4 Å². The topological polar surface area (TPSA) is 31.4 Å². The molecule has 5 heteroatoms. The SMILES string of the molecule is CNC(C)c1sc(N2CCCC(N(C)C)C2)nc1C. The molecule has 2 unspecified atom stereocenters. The molecule has 1 aliphatic rings. The summed E-state index contributed by atoms with van der Waals surface area (Å²) in [6.45, 7) is 6.57. The minimum atomic E-state index is 0.390. The summed E-state index contributed by atoms with van der Waals surface area (Å²) in [5.74, 6) is 0. The molecule has 1 saturated heterocycles. The third-order valence-corrected chi connectivity index (χ3v) is 5.45. The van der Waals surface area contributed by atoms with Crippen LogP contribution in [0.2, 0.25) is 0 Å². The molecule has 0 aromatic carbocycles. The molecule has 0 aliphatic carbocycles. The van der Waals surface area contributed by atoms with Gasteiger partial charge in [0.05, 0.1) is 5.69 Å². The van der Waals surface area contributed by atoms with Crippen LogP contribution in [0.3, 0.4) is 0 Å². The summed E-state index contributed by atoms with van der Waals surface area (Å²) in [6, 6.07) is 1.05. The maximum atomic E-state index is 4.78. The fourth-order valence-corrected chi connectivity index (χ4v) is 3.77. The molecule has 0 radical (unpaired) electrons. The smallest absolute Gasteiger partial charge is 0.185 e. The van der Waals surface area contributed by atoms with Gasteiger partial charge >= 0.3 is 0 Å². The van der Waals surface area contributed by atoms with Gasteiger partial charge in [-0.1, -0.05) is 0 Å². The Balaban J connectivity index is 2.13. The van der Waals surface area contributed by atoms with Crippen LogP contribution in [0.5, 0.6) is 0 Å². The van der Waals surface area contributed by atoms with Crippen molar-refractivity contribution in [3.63, 3.8) is 0 Å². The van der Waals surface area contributed by atoms with Gasteiger partial charge < -0.3 is 15.1 Å². The van der Waals surface area contributed by atoms with Gasteiger partial charge in [0, 0.05) is 30.1 Å². The second kappa shape index (κ2) is 6.20. The molecule has 0 amide bonds. The lowest BCUT2D eigenvalue weighted by Crippen LogP contribution is -2.45. The number of nitrogens with one attached hydrogen (secondary N) is 1. The van der Waals surface area contributed by atoms with Crippen LogP contribution in [-0.4, -0.2) is 50.2 Å². The molecule has 0 spiro atoms. The van der Waals surface area contributed by atoms with Crippen LogP contribution < -0.4 is 10.2 Å². The Labute approximate surface area is 120 Å². The van der Waals surface area contributed by atoms with Gasteiger partial charge in [0.2, 0.25) is 0 Å². The summed E-state index contributed by atoms with van der Waals surface area (Å²) in [7, 11) is 6.36. The summed E-state index contributed by atoms with van der Waals surface area (Å²) >= 11 is 1.85. The number of aromatic nitrogens is 1. The van der Waals surface area contributed by atoms with Crippen LogP contribution in [0.4, 0.5) is 5.13 Å². The van der Waals surface area contributed by atoms with Crippen molar-refractivity contribution >= 4 is 16.5 Å². The Morgan fingerprint density at radius 3 is 2.84 bits per heavy atom. The lowest BCUT2D eigenvalue weighted by atomic mass is 10.1. The number of rotatable bonds is 4. The standard InChI is InChI=1S/C14H26N4S/c1-10(15-3)13-11(2)16-14(19-13)18-8-6-7-12(9-18)17(4)5/h10,12,15H,6-9H2,1-5H3. The number of hydrogen-bond donors (Lipinski definition) is 1. The Kier molecular flexibility index (Phi) is 4.81. The summed E-state index contributed by atoms with van der Waals surface area (Å²) < 4.78 is 0. The van der Waals surface area contributed by atoms with Gasteiger partial charge in [-0.15, -0.1) is 11.3 Å². The Hall–Kier alpha value is -0.650. The second-order valence-corrected chi connectivity index (χ2v) is 6.67. The predicted molar refractivity (Wildman–Crippen MR) is 83.2 cm³/mol. The molecule has 108 valence electrons. The number of aryl methyl sites for hydroxylation is 1. The van der Waals surface area contributed by atoms with E-state index in [0.29, 0.717) is 12.1 Å². The minimum Gasteiger partial charge on any atom is -0.347 e. The number of anilines is 1. The first-order valence-corrected chi connectivity index (χ1v) is 7.90. The first-order chi connectivity index (χ1) is 9.02.